The minimum Gasteiger partial charge on any atom is -0.324 e. The highest BCUT2D eigenvalue weighted by Crippen LogP contribution is 2.45. The van der Waals surface area contributed by atoms with Gasteiger partial charge in [0.25, 0.3) is 0 Å². The zero-order chi connectivity index (χ0) is 16.2. The van der Waals surface area contributed by atoms with Crippen LogP contribution in [0.2, 0.25) is 0 Å². The van der Waals surface area contributed by atoms with Gasteiger partial charge < -0.3 is 9.79 Å². The third kappa shape index (κ3) is 2.33. The van der Waals surface area contributed by atoms with Gasteiger partial charge in [-0.25, -0.2) is 0 Å². The van der Waals surface area contributed by atoms with Gasteiger partial charge in [-0.1, -0.05) is 55.5 Å². The number of benzene rings is 4. The molecule has 0 saturated heterocycles. The van der Waals surface area contributed by atoms with Crippen LogP contribution >= 0.6 is 7.60 Å². The molecule has 0 spiro atoms. The van der Waals surface area contributed by atoms with Crippen molar-refractivity contribution >= 4 is 39.9 Å². The molecule has 4 aromatic rings. The van der Waals surface area contributed by atoms with E-state index >= 15 is 0 Å². The average Bonchev–Trinajstić information content (AvgIpc) is 2.52. The fraction of sp³-hybridized carbons (Fsp3) is 0.158. The lowest BCUT2D eigenvalue weighted by molar-refractivity contribution is 0.372. The van der Waals surface area contributed by atoms with E-state index in [2.05, 4.69) is 30.3 Å². The Morgan fingerprint density at radius 3 is 2.22 bits per heavy atom. The molecule has 4 rings (SSSR count). The molecule has 4 aromatic carbocycles. The molecule has 0 bridgehead atoms. The van der Waals surface area contributed by atoms with Gasteiger partial charge in [0.15, 0.2) is 0 Å². The summed E-state index contributed by atoms with van der Waals surface area (Å²) in [6.45, 7) is 2.02. The van der Waals surface area contributed by atoms with Gasteiger partial charge in [0.1, 0.15) is 0 Å². The van der Waals surface area contributed by atoms with Gasteiger partial charge in [-0.05, 0) is 49.9 Å². The van der Waals surface area contributed by atoms with Crippen LogP contribution in [-0.2, 0) is 17.1 Å². The SMILES string of the molecule is CCc1cc2ccc3cccc4ccc(c1CP(=O)(O)O)c2c34. The van der Waals surface area contributed by atoms with Gasteiger partial charge in [0, 0.05) is 0 Å². The van der Waals surface area contributed by atoms with E-state index < -0.39 is 7.60 Å². The largest absolute Gasteiger partial charge is 0.329 e. The quantitative estimate of drug-likeness (QED) is 0.419. The fourth-order valence-electron chi connectivity index (χ4n) is 3.64. The minimum absolute atomic E-state index is 0.204. The number of rotatable bonds is 3. The molecule has 0 heterocycles. The molecule has 2 N–H and O–H groups in total. The molecule has 4 heteroatoms. The van der Waals surface area contributed by atoms with Crippen LogP contribution in [-0.4, -0.2) is 9.79 Å². The van der Waals surface area contributed by atoms with Crippen molar-refractivity contribution in [3.05, 3.63) is 59.7 Å². The lowest BCUT2D eigenvalue weighted by atomic mass is 9.89. The molecule has 0 unspecified atom stereocenters. The summed E-state index contributed by atoms with van der Waals surface area (Å²) in [4.78, 5) is 19.0. The minimum atomic E-state index is -4.12. The first-order chi connectivity index (χ1) is 11.0. The molecule has 0 saturated carbocycles. The molecule has 23 heavy (non-hydrogen) atoms. The molecule has 0 aliphatic rings. The summed E-state index contributed by atoms with van der Waals surface area (Å²) in [5.41, 5.74) is 1.80. The van der Waals surface area contributed by atoms with Crippen LogP contribution in [0.25, 0.3) is 32.3 Å². The molecule has 0 radical (unpaired) electrons. The second-order valence-corrected chi connectivity index (χ2v) is 7.69. The van der Waals surface area contributed by atoms with E-state index in [9.17, 15) is 14.4 Å². The standard InChI is InChI=1S/C19H17O3P/c1-2-12-10-15-7-6-13-4-3-5-14-8-9-16(19(15)18(13)14)17(12)11-23(20,21)22/h3-10H,2,11H2,1H3,(H2,20,21,22). The molecular formula is C19H17O3P. The summed E-state index contributed by atoms with van der Waals surface area (Å²) < 4.78 is 11.6. The van der Waals surface area contributed by atoms with Crippen molar-refractivity contribution in [2.45, 2.75) is 19.5 Å². The Bertz CT molecular complexity index is 1060. The van der Waals surface area contributed by atoms with E-state index in [4.69, 9.17) is 0 Å². The Kier molecular flexibility index (Phi) is 3.21. The summed E-state index contributed by atoms with van der Waals surface area (Å²) in [5, 5.41) is 6.71. The first-order valence-corrected chi connectivity index (χ1v) is 9.50. The molecule has 116 valence electrons. The van der Waals surface area contributed by atoms with Crippen LogP contribution in [0.15, 0.2) is 48.5 Å². The first kappa shape index (κ1) is 14.6. The smallest absolute Gasteiger partial charge is 0.324 e. The van der Waals surface area contributed by atoms with Gasteiger partial charge in [0.05, 0.1) is 6.16 Å². The summed E-state index contributed by atoms with van der Waals surface area (Å²) in [6.07, 6.45) is 0.552. The highest BCUT2D eigenvalue weighted by molar-refractivity contribution is 7.50. The van der Waals surface area contributed by atoms with Gasteiger partial charge >= 0.3 is 7.60 Å². The van der Waals surface area contributed by atoms with Crippen molar-refractivity contribution in [3.8, 4) is 0 Å². The van der Waals surface area contributed by atoms with Crippen molar-refractivity contribution in [2.75, 3.05) is 0 Å². The van der Waals surface area contributed by atoms with Crippen molar-refractivity contribution in [2.24, 2.45) is 0 Å². The van der Waals surface area contributed by atoms with Crippen molar-refractivity contribution in [3.63, 3.8) is 0 Å². The number of hydrogen-bond donors (Lipinski definition) is 2. The van der Waals surface area contributed by atoms with Crippen molar-refractivity contribution in [1.29, 1.82) is 0 Å². The molecule has 0 aromatic heterocycles. The van der Waals surface area contributed by atoms with E-state index in [-0.39, 0.29) is 6.16 Å². The Balaban J connectivity index is 2.21. The number of hydrogen-bond acceptors (Lipinski definition) is 1. The molecular weight excluding hydrogens is 307 g/mol. The molecule has 0 amide bonds. The summed E-state index contributed by atoms with van der Waals surface area (Å²) in [5.74, 6) is 0. The maximum Gasteiger partial charge on any atom is 0.329 e. The monoisotopic (exact) mass is 324 g/mol. The average molecular weight is 324 g/mol. The molecule has 0 fully saturated rings. The maximum absolute atomic E-state index is 11.6. The lowest BCUT2D eigenvalue weighted by Crippen LogP contribution is -1.97. The van der Waals surface area contributed by atoms with Gasteiger partial charge in [-0.2, -0.15) is 0 Å². The van der Waals surface area contributed by atoms with Crippen LogP contribution in [0.3, 0.4) is 0 Å². The van der Waals surface area contributed by atoms with Gasteiger partial charge in [0.2, 0.25) is 0 Å². The van der Waals surface area contributed by atoms with Crippen LogP contribution in [0.1, 0.15) is 18.1 Å². The third-order valence-corrected chi connectivity index (χ3v) is 5.32. The molecule has 0 aliphatic carbocycles. The normalized spacial score (nSPS) is 12.7. The van der Waals surface area contributed by atoms with Crippen LogP contribution in [0.5, 0.6) is 0 Å². The summed E-state index contributed by atoms with van der Waals surface area (Å²) in [6, 6.07) is 16.6. The molecule has 3 nitrogen and oxygen atoms in total. The predicted molar refractivity (Wildman–Crippen MR) is 95.3 cm³/mol. The Morgan fingerprint density at radius 1 is 0.913 bits per heavy atom. The maximum atomic E-state index is 11.6. The van der Waals surface area contributed by atoms with Crippen LogP contribution in [0, 0.1) is 0 Å². The second-order valence-electron chi connectivity index (χ2n) is 6.05. The Labute approximate surface area is 134 Å². The molecule has 0 atom stereocenters. The Morgan fingerprint density at radius 2 is 1.57 bits per heavy atom. The predicted octanol–water partition coefficient (Wildman–Crippen LogP) is 4.82. The fourth-order valence-corrected chi connectivity index (χ4v) is 4.42. The van der Waals surface area contributed by atoms with Crippen molar-refractivity contribution < 1.29 is 14.4 Å². The molecule has 0 aliphatic heterocycles. The number of aryl methyl sites for hydroxylation is 1. The topological polar surface area (TPSA) is 57.5 Å². The van der Waals surface area contributed by atoms with Gasteiger partial charge in [-0.15, -0.1) is 0 Å². The van der Waals surface area contributed by atoms with Crippen LogP contribution < -0.4 is 0 Å². The first-order valence-electron chi connectivity index (χ1n) is 7.71. The summed E-state index contributed by atoms with van der Waals surface area (Å²) in [7, 11) is -4.12. The highest BCUT2D eigenvalue weighted by Gasteiger charge is 2.20. The highest BCUT2D eigenvalue weighted by atomic mass is 31.2. The van der Waals surface area contributed by atoms with E-state index in [0.717, 1.165) is 44.5 Å². The second kappa shape index (κ2) is 5.04. The van der Waals surface area contributed by atoms with E-state index in [1.165, 1.54) is 5.39 Å². The van der Waals surface area contributed by atoms with Gasteiger partial charge in [-0.3, -0.25) is 4.57 Å². The summed E-state index contributed by atoms with van der Waals surface area (Å²) >= 11 is 0. The van der Waals surface area contributed by atoms with Crippen molar-refractivity contribution in [1.82, 2.24) is 0 Å². The third-order valence-electron chi connectivity index (χ3n) is 4.60. The van der Waals surface area contributed by atoms with Crippen LogP contribution in [0.4, 0.5) is 0 Å². The Hall–Kier alpha value is -1.93. The van der Waals surface area contributed by atoms with E-state index in [1.807, 2.05) is 25.1 Å². The lowest BCUT2D eigenvalue weighted by Gasteiger charge is -2.17. The van der Waals surface area contributed by atoms with E-state index in [0.29, 0.717) is 0 Å². The zero-order valence-corrected chi connectivity index (χ0v) is 13.7. The zero-order valence-electron chi connectivity index (χ0n) is 12.8. The van der Waals surface area contributed by atoms with E-state index in [1.54, 1.807) is 0 Å².